The molecule has 0 aliphatic carbocycles. The van der Waals surface area contributed by atoms with Crippen LogP contribution in [-0.4, -0.2) is 42.2 Å². The maximum absolute atomic E-state index is 14.1. The minimum atomic E-state index is -4.62. The second-order valence-corrected chi connectivity index (χ2v) is 5.44. The lowest BCUT2D eigenvalue weighted by atomic mass is 10.2. The third-order valence-corrected chi connectivity index (χ3v) is 3.53. The topological polar surface area (TPSA) is 68.5 Å². The first-order chi connectivity index (χ1) is 12.3. The third kappa shape index (κ3) is 3.62. The normalized spacial score (nSPS) is 20.2. The molecule has 0 amide bonds. The lowest BCUT2D eigenvalue weighted by Crippen LogP contribution is -2.33. The van der Waals surface area contributed by atoms with Crippen molar-refractivity contribution in [2.45, 2.75) is 25.4 Å². The van der Waals surface area contributed by atoms with Gasteiger partial charge in [0.25, 0.3) is 5.88 Å². The Labute approximate surface area is 145 Å². The van der Waals surface area contributed by atoms with E-state index in [0.717, 1.165) is 19.2 Å². The van der Waals surface area contributed by atoms with Gasteiger partial charge in [0.05, 0.1) is 6.61 Å². The first-order valence-corrected chi connectivity index (χ1v) is 7.48. The van der Waals surface area contributed by atoms with Gasteiger partial charge in [0.1, 0.15) is 0 Å². The van der Waals surface area contributed by atoms with Crippen molar-refractivity contribution < 1.29 is 31.9 Å². The number of nitrogens with zero attached hydrogens (tertiary/aromatic N) is 4. The van der Waals surface area contributed by atoms with Crippen molar-refractivity contribution in [1.82, 2.24) is 10.0 Å². The summed E-state index contributed by atoms with van der Waals surface area (Å²) in [7, 11) is 1.50. The Kier molecular flexibility index (Phi) is 4.81. The molecule has 0 aromatic carbocycles. The Hall–Kier alpha value is -2.69. The van der Waals surface area contributed by atoms with Gasteiger partial charge >= 0.3 is 6.18 Å². The number of aromatic nitrogens is 1. The SMILES string of the molecule is COCC1N=NC2=CC=C(c3cnc(O[C@H](C)C(F)(F)F)c(F)c3)ON21. The van der Waals surface area contributed by atoms with Crippen molar-refractivity contribution >= 4 is 5.76 Å². The molecule has 3 heterocycles. The van der Waals surface area contributed by atoms with Gasteiger partial charge in [0.2, 0.25) is 6.17 Å². The predicted molar refractivity (Wildman–Crippen MR) is 79.8 cm³/mol. The average Bonchev–Trinajstić information content (AvgIpc) is 2.98. The summed E-state index contributed by atoms with van der Waals surface area (Å²) in [5, 5.41) is 9.27. The lowest BCUT2D eigenvalue weighted by Gasteiger charge is -2.27. The minimum absolute atomic E-state index is 0.216. The van der Waals surface area contributed by atoms with Gasteiger partial charge in [-0.25, -0.2) is 9.37 Å². The van der Waals surface area contributed by atoms with Crippen LogP contribution in [0.2, 0.25) is 0 Å². The fourth-order valence-corrected chi connectivity index (χ4v) is 2.15. The smallest absolute Gasteiger partial charge is 0.425 e. The molecular weight excluding hydrogens is 360 g/mol. The van der Waals surface area contributed by atoms with E-state index in [9.17, 15) is 17.6 Å². The number of pyridine rings is 1. The predicted octanol–water partition coefficient (Wildman–Crippen LogP) is 3.42. The van der Waals surface area contributed by atoms with Crippen molar-refractivity contribution in [2.75, 3.05) is 13.7 Å². The van der Waals surface area contributed by atoms with Crippen LogP contribution in [0.1, 0.15) is 12.5 Å². The maximum Gasteiger partial charge on any atom is 0.425 e. The molecule has 11 heteroatoms. The van der Waals surface area contributed by atoms with Gasteiger partial charge in [-0.2, -0.15) is 23.3 Å². The first-order valence-electron chi connectivity index (χ1n) is 7.48. The zero-order valence-electron chi connectivity index (χ0n) is 13.7. The fourth-order valence-electron chi connectivity index (χ4n) is 2.15. The fraction of sp³-hybridized carbons (Fsp3) is 0.400. The molecule has 2 aliphatic rings. The standard InChI is InChI=1S/C15H14F4N4O3/c1-8(15(17,18)19)25-14-10(16)5-9(6-20-14)11-3-4-12-21-22-13(7-24-2)23(12)26-11/h3-6,8,13H,7H2,1-2H3/t8-,13?/m1/s1. The Morgan fingerprint density at radius 1 is 1.35 bits per heavy atom. The summed E-state index contributed by atoms with van der Waals surface area (Å²) < 4.78 is 61.2. The highest BCUT2D eigenvalue weighted by atomic mass is 19.4. The molecule has 0 saturated carbocycles. The molecule has 26 heavy (non-hydrogen) atoms. The molecule has 0 radical (unpaired) electrons. The Morgan fingerprint density at radius 3 is 2.77 bits per heavy atom. The summed E-state index contributed by atoms with van der Waals surface area (Å²) in [6, 6.07) is 0.978. The van der Waals surface area contributed by atoms with Crippen LogP contribution in [0.25, 0.3) is 5.76 Å². The van der Waals surface area contributed by atoms with E-state index < -0.39 is 30.1 Å². The van der Waals surface area contributed by atoms with Crippen molar-refractivity contribution in [3.05, 3.63) is 41.6 Å². The molecule has 0 N–H and O–H groups in total. The monoisotopic (exact) mass is 374 g/mol. The second-order valence-electron chi connectivity index (χ2n) is 5.44. The number of rotatable bonds is 5. The number of allylic oxidation sites excluding steroid dienone is 2. The summed E-state index contributed by atoms with van der Waals surface area (Å²) >= 11 is 0. The highest BCUT2D eigenvalue weighted by molar-refractivity contribution is 5.62. The third-order valence-electron chi connectivity index (χ3n) is 3.53. The van der Waals surface area contributed by atoms with Crippen molar-refractivity contribution in [1.29, 1.82) is 0 Å². The largest absolute Gasteiger partial charge is 0.463 e. The van der Waals surface area contributed by atoms with Gasteiger partial charge in [-0.05, 0) is 25.1 Å². The van der Waals surface area contributed by atoms with Gasteiger partial charge in [-0.3, -0.25) is 0 Å². The number of azo groups is 1. The van der Waals surface area contributed by atoms with Crippen molar-refractivity contribution in [3.8, 4) is 5.88 Å². The summed E-state index contributed by atoms with van der Waals surface area (Å²) in [6.45, 7) is 0.993. The van der Waals surface area contributed by atoms with Crippen LogP contribution >= 0.6 is 0 Å². The van der Waals surface area contributed by atoms with E-state index in [2.05, 4.69) is 19.9 Å². The number of halogens is 4. The van der Waals surface area contributed by atoms with E-state index in [0.29, 0.717) is 5.82 Å². The molecule has 1 aromatic heterocycles. The molecule has 1 aromatic rings. The number of fused-ring (bicyclic) bond motifs is 1. The number of methoxy groups -OCH3 is 1. The Bertz CT molecular complexity index is 779. The first kappa shape index (κ1) is 18.1. The summed E-state index contributed by atoms with van der Waals surface area (Å²) in [4.78, 5) is 9.24. The van der Waals surface area contributed by atoms with Gasteiger partial charge in [-0.1, -0.05) is 0 Å². The average molecular weight is 374 g/mol. The van der Waals surface area contributed by atoms with Gasteiger partial charge in [0, 0.05) is 18.9 Å². The van der Waals surface area contributed by atoms with Crippen LogP contribution in [0, 0.1) is 5.82 Å². The van der Waals surface area contributed by atoms with E-state index in [1.807, 2.05) is 0 Å². The van der Waals surface area contributed by atoms with Crippen LogP contribution < -0.4 is 4.74 Å². The molecular formula is C15H14F4N4O3. The molecule has 140 valence electrons. The highest BCUT2D eigenvalue weighted by Gasteiger charge is 2.39. The number of hydrogen-bond donors (Lipinski definition) is 0. The number of ether oxygens (including phenoxy) is 2. The van der Waals surface area contributed by atoms with Crippen LogP contribution in [0.15, 0.2) is 40.5 Å². The summed E-state index contributed by atoms with van der Waals surface area (Å²) in [6.07, 6.45) is -3.03. The van der Waals surface area contributed by atoms with Crippen molar-refractivity contribution in [2.24, 2.45) is 10.2 Å². The van der Waals surface area contributed by atoms with Crippen LogP contribution in [0.5, 0.6) is 5.88 Å². The number of hydroxylamine groups is 2. The quantitative estimate of drug-likeness (QED) is 0.739. The molecule has 0 saturated heterocycles. The number of hydrogen-bond acceptors (Lipinski definition) is 7. The molecule has 0 bridgehead atoms. The van der Waals surface area contributed by atoms with Crippen LogP contribution in [0.3, 0.4) is 0 Å². The molecule has 2 aliphatic heterocycles. The Balaban J connectivity index is 1.77. The van der Waals surface area contributed by atoms with Gasteiger partial charge < -0.3 is 14.3 Å². The zero-order valence-corrected chi connectivity index (χ0v) is 13.7. The van der Waals surface area contributed by atoms with Gasteiger partial charge in [0.15, 0.2) is 23.5 Å². The molecule has 0 fully saturated rings. The molecule has 7 nitrogen and oxygen atoms in total. The Morgan fingerprint density at radius 2 is 2.12 bits per heavy atom. The molecule has 0 spiro atoms. The lowest BCUT2D eigenvalue weighted by molar-refractivity contribution is -0.190. The summed E-state index contributed by atoms with van der Waals surface area (Å²) in [5.74, 6) is -1.11. The van der Waals surface area contributed by atoms with Gasteiger partial charge in [-0.15, -0.1) is 5.11 Å². The zero-order chi connectivity index (χ0) is 18.9. The second kappa shape index (κ2) is 6.90. The van der Waals surface area contributed by atoms with Crippen LogP contribution in [-0.2, 0) is 9.57 Å². The molecule has 1 unspecified atom stereocenters. The maximum atomic E-state index is 14.1. The van der Waals surface area contributed by atoms with E-state index in [1.54, 1.807) is 6.08 Å². The molecule has 2 atom stereocenters. The van der Waals surface area contributed by atoms with E-state index in [-0.39, 0.29) is 17.9 Å². The highest BCUT2D eigenvalue weighted by Crippen LogP contribution is 2.32. The van der Waals surface area contributed by atoms with E-state index in [1.165, 1.54) is 18.2 Å². The van der Waals surface area contributed by atoms with Crippen molar-refractivity contribution in [3.63, 3.8) is 0 Å². The summed E-state index contributed by atoms with van der Waals surface area (Å²) in [5.41, 5.74) is 0.216. The number of alkyl halides is 3. The van der Waals surface area contributed by atoms with E-state index in [4.69, 9.17) is 9.57 Å². The minimum Gasteiger partial charge on any atom is -0.463 e. The molecule has 3 rings (SSSR count). The van der Waals surface area contributed by atoms with E-state index >= 15 is 0 Å². The van der Waals surface area contributed by atoms with Crippen LogP contribution in [0.4, 0.5) is 17.6 Å².